The third-order valence-electron chi connectivity index (χ3n) is 2.97. The maximum absolute atomic E-state index is 11.1. The van der Waals surface area contributed by atoms with E-state index in [1.54, 1.807) is 6.07 Å². The number of aromatic carboxylic acids is 1. The zero-order chi connectivity index (χ0) is 15.6. The molecule has 0 heterocycles. The van der Waals surface area contributed by atoms with E-state index in [0.717, 1.165) is 17.2 Å². The lowest BCUT2D eigenvalue weighted by Gasteiger charge is -2.10. The Morgan fingerprint density at radius 1 is 1.14 bits per heavy atom. The minimum absolute atomic E-state index is 0.0127. The fourth-order valence-corrected chi connectivity index (χ4v) is 1.82. The summed E-state index contributed by atoms with van der Waals surface area (Å²) in [5.74, 6) is -0.712. The zero-order valence-electron chi connectivity index (χ0n) is 11.5. The SMILES string of the molecule is Cc1ccc(C)c(Oc2ccc(C(=O)O)cc2[N+](=O)[O-])c1. The molecule has 2 aromatic carbocycles. The predicted octanol–water partition coefficient (Wildman–Crippen LogP) is 3.70. The largest absolute Gasteiger partial charge is 0.478 e. The van der Waals surface area contributed by atoms with E-state index in [4.69, 9.17) is 9.84 Å². The van der Waals surface area contributed by atoms with Gasteiger partial charge >= 0.3 is 11.7 Å². The van der Waals surface area contributed by atoms with Gasteiger partial charge in [-0.3, -0.25) is 10.1 Å². The number of carboxylic acid groups (broad SMARTS) is 1. The van der Waals surface area contributed by atoms with Crippen LogP contribution in [-0.2, 0) is 0 Å². The molecule has 0 aliphatic heterocycles. The summed E-state index contributed by atoms with van der Waals surface area (Å²) in [5, 5.41) is 20.0. The molecule has 0 bridgehead atoms. The Bertz CT molecular complexity index is 724. The summed E-state index contributed by atoms with van der Waals surface area (Å²) in [7, 11) is 0. The quantitative estimate of drug-likeness (QED) is 0.684. The first-order chi connectivity index (χ1) is 9.88. The van der Waals surface area contributed by atoms with Gasteiger partial charge in [-0.15, -0.1) is 0 Å². The second-order valence-electron chi connectivity index (χ2n) is 4.62. The third kappa shape index (κ3) is 3.17. The van der Waals surface area contributed by atoms with E-state index in [-0.39, 0.29) is 17.0 Å². The first-order valence-electron chi connectivity index (χ1n) is 6.15. The molecule has 0 spiro atoms. The van der Waals surface area contributed by atoms with Gasteiger partial charge in [0.15, 0.2) is 0 Å². The Kier molecular flexibility index (Phi) is 3.89. The Hall–Kier alpha value is -2.89. The van der Waals surface area contributed by atoms with Gasteiger partial charge in [0, 0.05) is 6.07 Å². The third-order valence-corrected chi connectivity index (χ3v) is 2.97. The summed E-state index contributed by atoms with van der Waals surface area (Å²) in [6.07, 6.45) is 0. The highest BCUT2D eigenvalue weighted by atomic mass is 16.6. The number of nitrogens with zero attached hydrogens (tertiary/aromatic N) is 1. The van der Waals surface area contributed by atoms with Crippen molar-refractivity contribution in [1.82, 2.24) is 0 Å². The molecule has 2 rings (SSSR count). The van der Waals surface area contributed by atoms with Crippen LogP contribution in [0.3, 0.4) is 0 Å². The first kappa shape index (κ1) is 14.5. The smallest absolute Gasteiger partial charge is 0.335 e. The summed E-state index contributed by atoms with van der Waals surface area (Å²) in [6, 6.07) is 9.08. The molecule has 0 aliphatic carbocycles. The first-order valence-corrected chi connectivity index (χ1v) is 6.15. The normalized spacial score (nSPS) is 10.2. The zero-order valence-corrected chi connectivity index (χ0v) is 11.5. The molecule has 0 amide bonds. The van der Waals surface area contributed by atoms with Gasteiger partial charge in [0.25, 0.3) is 0 Å². The van der Waals surface area contributed by atoms with Gasteiger partial charge in [0.2, 0.25) is 5.75 Å². The molecule has 0 fully saturated rings. The second-order valence-corrected chi connectivity index (χ2v) is 4.62. The van der Waals surface area contributed by atoms with Crippen LogP contribution >= 0.6 is 0 Å². The summed E-state index contributed by atoms with van der Waals surface area (Å²) in [5.41, 5.74) is 1.25. The van der Waals surface area contributed by atoms with Crippen molar-refractivity contribution >= 4 is 11.7 Å². The minimum atomic E-state index is -1.23. The lowest BCUT2D eigenvalue weighted by Crippen LogP contribution is -2.00. The molecule has 6 heteroatoms. The monoisotopic (exact) mass is 287 g/mol. The van der Waals surface area contributed by atoms with Crippen LogP contribution in [-0.4, -0.2) is 16.0 Å². The Morgan fingerprint density at radius 3 is 2.48 bits per heavy atom. The number of hydrogen-bond acceptors (Lipinski definition) is 4. The molecular weight excluding hydrogens is 274 g/mol. The van der Waals surface area contributed by atoms with Crippen molar-refractivity contribution in [1.29, 1.82) is 0 Å². The molecule has 2 aromatic rings. The number of rotatable bonds is 4. The van der Waals surface area contributed by atoms with Crippen molar-refractivity contribution in [3.8, 4) is 11.5 Å². The molecule has 21 heavy (non-hydrogen) atoms. The van der Waals surface area contributed by atoms with Gasteiger partial charge in [0.1, 0.15) is 5.75 Å². The van der Waals surface area contributed by atoms with Gasteiger partial charge in [-0.05, 0) is 43.2 Å². The number of ether oxygens (including phenoxy) is 1. The number of carbonyl (C=O) groups is 1. The molecule has 0 unspecified atom stereocenters. The summed E-state index contributed by atoms with van der Waals surface area (Å²) in [6.45, 7) is 3.71. The van der Waals surface area contributed by atoms with Crippen LogP contribution in [0.2, 0.25) is 0 Å². The van der Waals surface area contributed by atoms with Crippen LogP contribution in [0.25, 0.3) is 0 Å². The molecule has 0 atom stereocenters. The molecular formula is C15H13NO5. The molecule has 108 valence electrons. The van der Waals surface area contributed by atoms with E-state index < -0.39 is 10.9 Å². The molecule has 0 aromatic heterocycles. The molecule has 0 saturated heterocycles. The molecule has 6 nitrogen and oxygen atoms in total. The van der Waals surface area contributed by atoms with E-state index in [9.17, 15) is 14.9 Å². The van der Waals surface area contributed by atoms with Gasteiger partial charge in [-0.25, -0.2) is 4.79 Å². The summed E-state index contributed by atoms with van der Waals surface area (Å²) >= 11 is 0. The second kappa shape index (κ2) is 5.62. The summed E-state index contributed by atoms with van der Waals surface area (Å²) in [4.78, 5) is 21.3. The van der Waals surface area contributed by atoms with Crippen LogP contribution in [0.4, 0.5) is 5.69 Å². The van der Waals surface area contributed by atoms with E-state index >= 15 is 0 Å². The highest BCUT2D eigenvalue weighted by molar-refractivity contribution is 5.88. The fourth-order valence-electron chi connectivity index (χ4n) is 1.82. The van der Waals surface area contributed by atoms with Crippen molar-refractivity contribution in [2.45, 2.75) is 13.8 Å². The topological polar surface area (TPSA) is 89.7 Å². The van der Waals surface area contributed by atoms with E-state index in [2.05, 4.69) is 0 Å². The van der Waals surface area contributed by atoms with E-state index in [1.165, 1.54) is 12.1 Å². The van der Waals surface area contributed by atoms with Crippen molar-refractivity contribution in [3.05, 3.63) is 63.2 Å². The van der Waals surface area contributed by atoms with Crippen molar-refractivity contribution in [3.63, 3.8) is 0 Å². The molecule has 0 radical (unpaired) electrons. The number of nitro benzene ring substituents is 1. The maximum Gasteiger partial charge on any atom is 0.335 e. The Balaban J connectivity index is 2.46. The van der Waals surface area contributed by atoms with Crippen LogP contribution < -0.4 is 4.74 Å². The van der Waals surface area contributed by atoms with Crippen molar-refractivity contribution in [2.24, 2.45) is 0 Å². The highest BCUT2D eigenvalue weighted by Gasteiger charge is 2.19. The van der Waals surface area contributed by atoms with Gasteiger partial charge in [0.05, 0.1) is 10.5 Å². The average molecular weight is 287 g/mol. The van der Waals surface area contributed by atoms with Crippen LogP contribution in [0.15, 0.2) is 36.4 Å². The predicted molar refractivity (Wildman–Crippen MR) is 76.0 cm³/mol. The van der Waals surface area contributed by atoms with Crippen molar-refractivity contribution < 1.29 is 19.6 Å². The van der Waals surface area contributed by atoms with E-state index in [0.29, 0.717) is 5.75 Å². The minimum Gasteiger partial charge on any atom is -0.478 e. The van der Waals surface area contributed by atoms with Crippen LogP contribution in [0, 0.1) is 24.0 Å². The van der Waals surface area contributed by atoms with Gasteiger partial charge < -0.3 is 9.84 Å². The number of nitro groups is 1. The molecule has 0 saturated carbocycles. The summed E-state index contributed by atoms with van der Waals surface area (Å²) < 4.78 is 5.58. The number of carboxylic acids is 1. The fraction of sp³-hybridized carbons (Fsp3) is 0.133. The van der Waals surface area contributed by atoms with Crippen LogP contribution in [0.5, 0.6) is 11.5 Å². The number of benzene rings is 2. The Morgan fingerprint density at radius 2 is 1.86 bits per heavy atom. The van der Waals surface area contributed by atoms with Crippen molar-refractivity contribution in [2.75, 3.05) is 0 Å². The highest BCUT2D eigenvalue weighted by Crippen LogP contribution is 2.33. The standard InChI is InChI=1S/C15H13NO5/c1-9-3-4-10(2)14(7-9)21-13-6-5-11(15(17)18)8-12(13)16(19)20/h3-8H,1-2H3,(H,17,18). The lowest BCUT2D eigenvalue weighted by atomic mass is 10.1. The molecule has 0 aliphatic rings. The van der Waals surface area contributed by atoms with Gasteiger partial charge in [-0.2, -0.15) is 0 Å². The molecule has 1 N–H and O–H groups in total. The Labute approximate surface area is 120 Å². The number of hydrogen-bond donors (Lipinski definition) is 1. The number of aryl methyl sites for hydroxylation is 2. The lowest BCUT2D eigenvalue weighted by molar-refractivity contribution is -0.385. The van der Waals surface area contributed by atoms with Gasteiger partial charge in [-0.1, -0.05) is 12.1 Å². The van der Waals surface area contributed by atoms with E-state index in [1.807, 2.05) is 26.0 Å². The average Bonchev–Trinajstić information content (AvgIpc) is 2.42. The maximum atomic E-state index is 11.1. The van der Waals surface area contributed by atoms with Crippen LogP contribution in [0.1, 0.15) is 21.5 Å².